The number of nitrogens with one attached hydrogen (secondary N) is 1. The number of nitrogens with zero attached hydrogens (tertiary/aromatic N) is 4. The Morgan fingerprint density at radius 3 is 2.77 bits per heavy atom. The van der Waals surface area contributed by atoms with E-state index in [1.54, 1.807) is 25.4 Å². The Labute approximate surface area is 151 Å². The number of aromatic amines is 1. The summed E-state index contributed by atoms with van der Waals surface area (Å²) >= 11 is 0. The van der Waals surface area contributed by atoms with Gasteiger partial charge in [-0.2, -0.15) is 0 Å². The number of hydrogen-bond acceptors (Lipinski definition) is 6. The van der Waals surface area contributed by atoms with Crippen molar-refractivity contribution in [1.82, 2.24) is 24.8 Å². The second-order valence-corrected chi connectivity index (χ2v) is 6.83. The van der Waals surface area contributed by atoms with Gasteiger partial charge in [-0.3, -0.25) is 9.59 Å². The summed E-state index contributed by atoms with van der Waals surface area (Å²) in [5.74, 6) is 1.13. The molecule has 2 aromatic rings. The molecule has 1 fully saturated rings. The zero-order valence-corrected chi connectivity index (χ0v) is 15.1. The second kappa shape index (κ2) is 7.74. The smallest absolute Gasteiger partial charge is 0.255 e. The molecular formula is C18H24N6O2. The van der Waals surface area contributed by atoms with Gasteiger partial charge in [-0.05, 0) is 31.7 Å². The maximum Gasteiger partial charge on any atom is 0.255 e. The van der Waals surface area contributed by atoms with E-state index in [4.69, 9.17) is 5.73 Å². The Morgan fingerprint density at radius 2 is 2.12 bits per heavy atom. The summed E-state index contributed by atoms with van der Waals surface area (Å²) in [5, 5.41) is 0. The molecule has 3 N–H and O–H groups in total. The van der Waals surface area contributed by atoms with Crippen LogP contribution >= 0.6 is 0 Å². The number of amides is 1. The van der Waals surface area contributed by atoms with Gasteiger partial charge in [0.2, 0.25) is 5.91 Å². The van der Waals surface area contributed by atoms with Crippen LogP contribution in [-0.4, -0.2) is 49.9 Å². The molecule has 0 spiro atoms. The van der Waals surface area contributed by atoms with Crippen molar-refractivity contribution in [2.75, 3.05) is 13.1 Å². The van der Waals surface area contributed by atoms with Gasteiger partial charge in [-0.1, -0.05) is 6.92 Å². The lowest BCUT2D eigenvalue weighted by atomic mass is 9.92. The largest absolute Gasteiger partial charge is 0.338 e. The minimum Gasteiger partial charge on any atom is -0.338 e. The van der Waals surface area contributed by atoms with Crippen LogP contribution < -0.4 is 11.3 Å². The molecule has 2 aromatic heterocycles. The summed E-state index contributed by atoms with van der Waals surface area (Å²) in [4.78, 5) is 42.3. The van der Waals surface area contributed by atoms with Crippen molar-refractivity contribution in [2.24, 2.45) is 11.7 Å². The van der Waals surface area contributed by atoms with Crippen molar-refractivity contribution in [1.29, 1.82) is 0 Å². The Kier molecular flexibility index (Phi) is 5.41. The van der Waals surface area contributed by atoms with Crippen molar-refractivity contribution in [3.63, 3.8) is 0 Å². The highest BCUT2D eigenvalue weighted by molar-refractivity contribution is 5.79. The molecule has 138 valence electrons. The molecule has 0 radical (unpaired) electrons. The minimum atomic E-state index is -0.331. The predicted molar refractivity (Wildman–Crippen MR) is 97.3 cm³/mol. The van der Waals surface area contributed by atoms with Crippen molar-refractivity contribution in [2.45, 2.75) is 39.2 Å². The number of piperidine rings is 1. The number of nitrogens with two attached hydrogens (primary N) is 1. The van der Waals surface area contributed by atoms with Crippen LogP contribution in [0, 0.1) is 12.8 Å². The van der Waals surface area contributed by atoms with Crippen molar-refractivity contribution in [3.8, 4) is 11.6 Å². The van der Waals surface area contributed by atoms with Crippen LogP contribution in [-0.2, 0) is 11.2 Å². The lowest BCUT2D eigenvalue weighted by Gasteiger charge is -2.38. The van der Waals surface area contributed by atoms with Gasteiger partial charge in [-0.15, -0.1) is 0 Å². The van der Waals surface area contributed by atoms with Crippen LogP contribution in [0.5, 0.6) is 0 Å². The van der Waals surface area contributed by atoms with E-state index in [-0.39, 0.29) is 23.9 Å². The molecule has 1 amide bonds. The van der Waals surface area contributed by atoms with Crippen molar-refractivity contribution >= 4 is 5.91 Å². The van der Waals surface area contributed by atoms with Crippen LogP contribution in [0.1, 0.15) is 31.0 Å². The predicted octanol–water partition coefficient (Wildman–Crippen LogP) is 0.664. The lowest BCUT2D eigenvalue weighted by Crippen LogP contribution is -2.50. The van der Waals surface area contributed by atoms with Gasteiger partial charge in [0.1, 0.15) is 0 Å². The quantitative estimate of drug-likeness (QED) is 0.831. The summed E-state index contributed by atoms with van der Waals surface area (Å²) in [6.07, 6.45) is 5.05. The maximum atomic E-state index is 12.8. The normalized spacial score (nSPS) is 20.2. The van der Waals surface area contributed by atoms with E-state index in [9.17, 15) is 9.59 Å². The highest BCUT2D eigenvalue weighted by atomic mass is 16.2. The van der Waals surface area contributed by atoms with Crippen LogP contribution in [0.15, 0.2) is 23.3 Å². The van der Waals surface area contributed by atoms with E-state index in [1.807, 2.05) is 4.90 Å². The molecule has 1 aliphatic heterocycles. The third-order valence-electron chi connectivity index (χ3n) is 4.90. The molecule has 0 bridgehead atoms. The first-order chi connectivity index (χ1) is 12.5. The molecule has 3 rings (SSSR count). The third kappa shape index (κ3) is 3.80. The van der Waals surface area contributed by atoms with Crippen molar-refractivity contribution < 1.29 is 4.79 Å². The zero-order chi connectivity index (χ0) is 18.7. The molecule has 3 heterocycles. The standard InChI is InChI=1S/C18H24N6O2/c1-11-4-7-24(13(8-11)10-19)15(25)9-14-12(2)22-17(23-18(14)26)16-20-5-3-6-21-16/h3,5-6,11,13H,4,7-10,19H2,1-2H3,(H,22,23,26). The molecule has 1 aliphatic rings. The summed E-state index contributed by atoms with van der Waals surface area (Å²) in [5.41, 5.74) is 6.40. The average Bonchev–Trinajstić information content (AvgIpc) is 2.64. The molecule has 8 nitrogen and oxygen atoms in total. The highest BCUT2D eigenvalue weighted by Gasteiger charge is 2.29. The first kappa shape index (κ1) is 18.2. The number of rotatable bonds is 4. The average molecular weight is 356 g/mol. The first-order valence-electron chi connectivity index (χ1n) is 8.86. The van der Waals surface area contributed by atoms with Gasteiger partial charge in [0.15, 0.2) is 11.6 Å². The number of aromatic nitrogens is 4. The fourth-order valence-corrected chi connectivity index (χ4v) is 3.40. The summed E-state index contributed by atoms with van der Waals surface area (Å²) in [6, 6.07) is 1.73. The number of carbonyl (C=O) groups is 1. The van der Waals surface area contributed by atoms with Crippen LogP contribution in [0.3, 0.4) is 0 Å². The highest BCUT2D eigenvalue weighted by Crippen LogP contribution is 2.22. The molecule has 2 unspecified atom stereocenters. The van der Waals surface area contributed by atoms with E-state index in [0.29, 0.717) is 41.9 Å². The molecule has 8 heteroatoms. The van der Waals surface area contributed by atoms with Crippen LogP contribution in [0.4, 0.5) is 0 Å². The first-order valence-corrected chi connectivity index (χ1v) is 8.86. The molecule has 0 saturated carbocycles. The van der Waals surface area contributed by atoms with E-state index in [2.05, 4.69) is 26.9 Å². The summed E-state index contributed by atoms with van der Waals surface area (Å²) < 4.78 is 0. The molecule has 26 heavy (non-hydrogen) atoms. The summed E-state index contributed by atoms with van der Waals surface area (Å²) in [6.45, 7) is 5.02. The van der Waals surface area contributed by atoms with E-state index in [0.717, 1.165) is 12.8 Å². The third-order valence-corrected chi connectivity index (χ3v) is 4.90. The Morgan fingerprint density at radius 1 is 1.38 bits per heavy atom. The minimum absolute atomic E-state index is 0.0228. The SMILES string of the molecule is Cc1nc(-c2ncccn2)[nH]c(=O)c1CC(=O)N1CCC(C)CC1CN. The number of hydrogen-bond donors (Lipinski definition) is 2. The van der Waals surface area contributed by atoms with Crippen molar-refractivity contribution in [3.05, 3.63) is 40.1 Å². The maximum absolute atomic E-state index is 12.8. The molecular weight excluding hydrogens is 332 g/mol. The number of likely N-dealkylation sites (tertiary alicyclic amines) is 1. The Bertz CT molecular complexity index is 835. The fraction of sp³-hybridized carbons (Fsp3) is 0.500. The van der Waals surface area contributed by atoms with E-state index < -0.39 is 0 Å². The number of carbonyl (C=O) groups excluding carboxylic acids is 1. The van der Waals surface area contributed by atoms with Crippen LogP contribution in [0.2, 0.25) is 0 Å². The van der Waals surface area contributed by atoms with Gasteiger partial charge in [0.25, 0.3) is 5.56 Å². The number of H-pyrrole nitrogens is 1. The summed E-state index contributed by atoms with van der Waals surface area (Å²) in [7, 11) is 0. The van der Waals surface area contributed by atoms with Gasteiger partial charge in [-0.25, -0.2) is 15.0 Å². The van der Waals surface area contributed by atoms with Gasteiger partial charge in [0.05, 0.1) is 6.42 Å². The zero-order valence-electron chi connectivity index (χ0n) is 15.1. The van der Waals surface area contributed by atoms with Crippen LogP contribution in [0.25, 0.3) is 11.6 Å². The van der Waals surface area contributed by atoms with E-state index in [1.165, 1.54) is 0 Å². The van der Waals surface area contributed by atoms with E-state index >= 15 is 0 Å². The van der Waals surface area contributed by atoms with Gasteiger partial charge < -0.3 is 15.6 Å². The Balaban J connectivity index is 1.82. The monoisotopic (exact) mass is 356 g/mol. The fourth-order valence-electron chi connectivity index (χ4n) is 3.40. The lowest BCUT2D eigenvalue weighted by molar-refractivity contribution is -0.134. The molecule has 0 aromatic carbocycles. The molecule has 1 saturated heterocycles. The number of aryl methyl sites for hydroxylation is 1. The second-order valence-electron chi connectivity index (χ2n) is 6.83. The van der Waals surface area contributed by atoms with Gasteiger partial charge in [0, 0.05) is 42.8 Å². The molecule has 2 atom stereocenters. The van der Waals surface area contributed by atoms with Gasteiger partial charge >= 0.3 is 0 Å². The molecule has 0 aliphatic carbocycles. The topological polar surface area (TPSA) is 118 Å². The Hall–Kier alpha value is -2.61.